The van der Waals surface area contributed by atoms with Gasteiger partial charge in [-0.3, -0.25) is 0 Å². The second kappa shape index (κ2) is 6.85. The Bertz CT molecular complexity index is 155. The Morgan fingerprint density at radius 3 is 2.45 bits per heavy atom. The van der Waals surface area contributed by atoms with E-state index < -0.39 is 0 Å². The van der Waals surface area contributed by atoms with Gasteiger partial charge in [0.15, 0.2) is 0 Å². The Kier molecular flexibility index (Phi) is 6.96. The molecule has 0 radical (unpaired) electrons. The summed E-state index contributed by atoms with van der Waals surface area (Å²) in [5, 5.41) is 8.55. The van der Waals surface area contributed by atoms with Crippen LogP contribution in [0.1, 0.15) is 26.7 Å². The van der Waals surface area contributed by atoms with Crippen LogP contribution in [0.4, 0.5) is 0 Å². The van der Waals surface area contributed by atoms with Crippen molar-refractivity contribution < 1.29 is 5.11 Å². The zero-order chi connectivity index (χ0) is 8.69. The van der Waals surface area contributed by atoms with Crippen LogP contribution in [-0.2, 0) is 0 Å². The molecule has 2 heteroatoms. The van der Waals surface area contributed by atoms with Crippen LogP contribution >= 0.6 is 22.6 Å². The SMILES string of the molecule is CC(C)=CCC/C(I)=C/CO. The van der Waals surface area contributed by atoms with E-state index in [0.29, 0.717) is 0 Å². The van der Waals surface area contributed by atoms with Crippen LogP contribution in [0.5, 0.6) is 0 Å². The predicted molar refractivity (Wildman–Crippen MR) is 57.9 cm³/mol. The number of aliphatic hydroxyl groups is 1. The third-order valence-electron chi connectivity index (χ3n) is 1.25. The van der Waals surface area contributed by atoms with E-state index in [4.69, 9.17) is 5.11 Å². The molecule has 0 aromatic heterocycles. The van der Waals surface area contributed by atoms with E-state index in [-0.39, 0.29) is 6.61 Å². The molecule has 0 heterocycles. The summed E-state index contributed by atoms with van der Waals surface area (Å²) in [6, 6.07) is 0. The lowest BCUT2D eigenvalue weighted by molar-refractivity contribution is 0.342. The van der Waals surface area contributed by atoms with Crippen LogP contribution < -0.4 is 0 Å². The molecule has 0 aliphatic carbocycles. The average Bonchev–Trinajstić information content (AvgIpc) is 1.87. The molecule has 0 rings (SSSR count). The van der Waals surface area contributed by atoms with Crippen molar-refractivity contribution in [1.29, 1.82) is 0 Å². The molecule has 1 nitrogen and oxygen atoms in total. The second-order valence-electron chi connectivity index (χ2n) is 2.65. The van der Waals surface area contributed by atoms with Crippen LogP contribution in [0, 0.1) is 0 Å². The highest BCUT2D eigenvalue weighted by atomic mass is 127. The minimum Gasteiger partial charge on any atom is -0.392 e. The fourth-order valence-corrected chi connectivity index (χ4v) is 1.21. The third kappa shape index (κ3) is 8.07. The van der Waals surface area contributed by atoms with Crippen molar-refractivity contribution in [2.75, 3.05) is 6.61 Å². The normalized spacial score (nSPS) is 11.5. The van der Waals surface area contributed by atoms with Crippen LogP contribution in [0.15, 0.2) is 21.3 Å². The lowest BCUT2D eigenvalue weighted by atomic mass is 10.2. The van der Waals surface area contributed by atoms with E-state index in [1.807, 2.05) is 6.08 Å². The molecular weight excluding hydrogens is 251 g/mol. The predicted octanol–water partition coefficient (Wildman–Crippen LogP) is 3.04. The first-order valence-corrected chi connectivity index (χ1v) is 4.83. The van der Waals surface area contributed by atoms with E-state index in [2.05, 4.69) is 42.5 Å². The smallest absolute Gasteiger partial charge is 0.0622 e. The summed E-state index contributed by atoms with van der Waals surface area (Å²) in [5.41, 5.74) is 1.36. The zero-order valence-electron chi connectivity index (χ0n) is 7.10. The van der Waals surface area contributed by atoms with Gasteiger partial charge >= 0.3 is 0 Å². The van der Waals surface area contributed by atoms with Crippen molar-refractivity contribution in [3.05, 3.63) is 21.3 Å². The summed E-state index contributed by atoms with van der Waals surface area (Å²) in [7, 11) is 0. The maximum Gasteiger partial charge on any atom is 0.0622 e. The first-order valence-electron chi connectivity index (χ1n) is 3.75. The maximum atomic E-state index is 8.55. The summed E-state index contributed by atoms with van der Waals surface area (Å²) in [5.74, 6) is 0. The molecule has 0 spiro atoms. The minimum absolute atomic E-state index is 0.160. The molecule has 0 saturated carbocycles. The topological polar surface area (TPSA) is 20.2 Å². The highest BCUT2D eigenvalue weighted by Gasteiger charge is 1.88. The number of hydrogen-bond donors (Lipinski definition) is 1. The van der Waals surface area contributed by atoms with Gasteiger partial charge in [0.25, 0.3) is 0 Å². The summed E-state index contributed by atoms with van der Waals surface area (Å²) in [6.07, 6.45) is 6.19. The monoisotopic (exact) mass is 266 g/mol. The molecule has 0 bridgehead atoms. The molecule has 0 aliphatic heterocycles. The van der Waals surface area contributed by atoms with Crippen molar-refractivity contribution >= 4 is 22.6 Å². The van der Waals surface area contributed by atoms with Crippen molar-refractivity contribution in [3.8, 4) is 0 Å². The highest BCUT2D eigenvalue weighted by molar-refractivity contribution is 14.1. The van der Waals surface area contributed by atoms with E-state index in [9.17, 15) is 0 Å². The fourth-order valence-electron chi connectivity index (χ4n) is 0.700. The number of allylic oxidation sites excluding steroid dienone is 3. The Balaban J connectivity index is 3.54. The van der Waals surface area contributed by atoms with Gasteiger partial charge in [-0.2, -0.15) is 0 Å². The molecule has 1 N–H and O–H groups in total. The van der Waals surface area contributed by atoms with Gasteiger partial charge in [0.05, 0.1) is 6.61 Å². The first-order chi connectivity index (χ1) is 5.16. The second-order valence-corrected chi connectivity index (χ2v) is 4.04. The summed E-state index contributed by atoms with van der Waals surface area (Å²) in [4.78, 5) is 0. The zero-order valence-corrected chi connectivity index (χ0v) is 9.26. The molecule has 0 aromatic rings. The Labute approximate surface area is 82.3 Å². The lowest BCUT2D eigenvalue weighted by Gasteiger charge is -1.94. The Hall–Kier alpha value is 0.170. The van der Waals surface area contributed by atoms with Gasteiger partial charge in [0.1, 0.15) is 0 Å². The summed E-state index contributed by atoms with van der Waals surface area (Å²) in [6.45, 7) is 4.36. The highest BCUT2D eigenvalue weighted by Crippen LogP contribution is 2.13. The van der Waals surface area contributed by atoms with Gasteiger partial charge in [-0.05, 0) is 58.9 Å². The summed E-state index contributed by atoms with van der Waals surface area (Å²) >= 11 is 2.26. The van der Waals surface area contributed by atoms with Crippen LogP contribution in [-0.4, -0.2) is 11.7 Å². The standard InChI is InChI=1S/C9H15IO/c1-8(2)4-3-5-9(10)6-7-11/h4,6,11H,3,5,7H2,1-2H3/b9-6-. The van der Waals surface area contributed by atoms with Gasteiger partial charge in [-0.15, -0.1) is 0 Å². The third-order valence-corrected chi connectivity index (χ3v) is 2.23. The molecular formula is C9H15IO. The fraction of sp³-hybridized carbons (Fsp3) is 0.556. The number of halogens is 1. The van der Waals surface area contributed by atoms with Gasteiger partial charge in [0.2, 0.25) is 0 Å². The van der Waals surface area contributed by atoms with Gasteiger partial charge in [-0.1, -0.05) is 11.6 Å². The minimum atomic E-state index is 0.160. The Morgan fingerprint density at radius 2 is 2.00 bits per heavy atom. The molecule has 11 heavy (non-hydrogen) atoms. The van der Waals surface area contributed by atoms with Crippen molar-refractivity contribution in [2.45, 2.75) is 26.7 Å². The van der Waals surface area contributed by atoms with Crippen LogP contribution in [0.3, 0.4) is 0 Å². The van der Waals surface area contributed by atoms with E-state index in [0.717, 1.165) is 12.8 Å². The number of aliphatic hydroxyl groups excluding tert-OH is 1. The molecule has 0 saturated heterocycles. The van der Waals surface area contributed by atoms with Crippen LogP contribution in [0.25, 0.3) is 0 Å². The molecule has 64 valence electrons. The quantitative estimate of drug-likeness (QED) is 0.612. The molecule has 0 fully saturated rings. The number of hydrogen-bond acceptors (Lipinski definition) is 1. The average molecular weight is 266 g/mol. The van der Waals surface area contributed by atoms with Gasteiger partial charge < -0.3 is 5.11 Å². The van der Waals surface area contributed by atoms with E-state index in [1.54, 1.807) is 0 Å². The molecule has 0 aliphatic rings. The van der Waals surface area contributed by atoms with Crippen molar-refractivity contribution in [1.82, 2.24) is 0 Å². The Morgan fingerprint density at radius 1 is 1.36 bits per heavy atom. The van der Waals surface area contributed by atoms with E-state index >= 15 is 0 Å². The summed E-state index contributed by atoms with van der Waals surface area (Å²) < 4.78 is 1.24. The van der Waals surface area contributed by atoms with Crippen molar-refractivity contribution in [2.24, 2.45) is 0 Å². The van der Waals surface area contributed by atoms with Crippen LogP contribution in [0.2, 0.25) is 0 Å². The van der Waals surface area contributed by atoms with Gasteiger partial charge in [-0.25, -0.2) is 0 Å². The lowest BCUT2D eigenvalue weighted by Crippen LogP contribution is -1.77. The van der Waals surface area contributed by atoms with E-state index in [1.165, 1.54) is 9.15 Å². The molecule has 0 aromatic carbocycles. The molecule has 0 unspecified atom stereocenters. The largest absolute Gasteiger partial charge is 0.392 e. The number of rotatable bonds is 4. The first kappa shape index (κ1) is 11.2. The van der Waals surface area contributed by atoms with Gasteiger partial charge in [0, 0.05) is 0 Å². The van der Waals surface area contributed by atoms with Crippen molar-refractivity contribution in [3.63, 3.8) is 0 Å². The molecule has 0 atom stereocenters. The maximum absolute atomic E-state index is 8.55. The molecule has 0 amide bonds.